The molecule has 0 amide bonds. The van der Waals surface area contributed by atoms with Crippen molar-refractivity contribution in [1.82, 2.24) is 0 Å². The molecule has 0 spiro atoms. The van der Waals surface area contributed by atoms with Crippen LogP contribution in [0.4, 0.5) is 0 Å². The predicted molar refractivity (Wildman–Crippen MR) is 119 cm³/mol. The molecule has 3 unspecified atom stereocenters. The molecule has 6 heteroatoms. The molecule has 0 heterocycles. The second-order valence-corrected chi connectivity index (χ2v) is 12.3. The van der Waals surface area contributed by atoms with E-state index in [9.17, 15) is 19.2 Å². The molecule has 9 atom stereocenters. The minimum atomic E-state index is -1.07. The van der Waals surface area contributed by atoms with Gasteiger partial charge in [-0.25, -0.2) is 0 Å². The standard InChI is InChI=1S/C23H32O4S2/c1-22-10-9-18-16(5-4-14-12-15(25)8-11-23(14,18)13-24)17(22)6-7-19(22)20(26)21(28-2)29(3)27/h4-5,8,11-12,16-21,24,26H,6-7,9-10,13H2,1-3H3/t16-,17-,18-,19+,20?,21?,22-,23+,29?/m0/s1. The van der Waals surface area contributed by atoms with Gasteiger partial charge < -0.3 is 10.2 Å². The first kappa shape index (κ1) is 21.5. The third-order valence-electron chi connectivity index (χ3n) is 8.46. The van der Waals surface area contributed by atoms with E-state index < -0.39 is 22.3 Å². The maximum absolute atomic E-state index is 12.2. The zero-order valence-corrected chi connectivity index (χ0v) is 19.0. The maximum Gasteiger partial charge on any atom is 0.178 e. The lowest BCUT2D eigenvalue weighted by Crippen LogP contribution is -2.52. The summed E-state index contributed by atoms with van der Waals surface area (Å²) in [5.74, 6) is 1.17. The van der Waals surface area contributed by atoms with Gasteiger partial charge in [0, 0.05) is 22.5 Å². The van der Waals surface area contributed by atoms with Crippen molar-refractivity contribution >= 4 is 28.3 Å². The van der Waals surface area contributed by atoms with Crippen LogP contribution in [0, 0.1) is 34.5 Å². The molecule has 0 aromatic carbocycles. The van der Waals surface area contributed by atoms with Crippen LogP contribution in [0.25, 0.3) is 0 Å². The number of thioether (sulfide) groups is 1. The molecule has 4 rings (SSSR count). The summed E-state index contributed by atoms with van der Waals surface area (Å²) in [6, 6.07) is 0. The minimum Gasteiger partial charge on any atom is -0.395 e. The van der Waals surface area contributed by atoms with E-state index in [-0.39, 0.29) is 34.2 Å². The third kappa shape index (κ3) is 3.17. The summed E-state index contributed by atoms with van der Waals surface area (Å²) in [6.07, 6.45) is 16.6. The van der Waals surface area contributed by atoms with Gasteiger partial charge in [0.15, 0.2) is 5.78 Å². The van der Waals surface area contributed by atoms with Crippen molar-refractivity contribution in [1.29, 1.82) is 0 Å². The predicted octanol–water partition coefficient (Wildman–Crippen LogP) is 3.09. The lowest BCUT2D eigenvalue weighted by Gasteiger charge is -2.56. The Kier molecular flexibility index (Phi) is 5.77. The van der Waals surface area contributed by atoms with Crippen LogP contribution < -0.4 is 0 Å². The highest BCUT2D eigenvalue weighted by molar-refractivity contribution is 8.10. The number of fused-ring (bicyclic) bond motifs is 5. The van der Waals surface area contributed by atoms with Crippen LogP contribution in [0.1, 0.15) is 32.6 Å². The Morgan fingerprint density at radius 2 is 2.03 bits per heavy atom. The van der Waals surface area contributed by atoms with E-state index in [1.165, 1.54) is 11.8 Å². The van der Waals surface area contributed by atoms with Crippen molar-refractivity contribution in [3.63, 3.8) is 0 Å². The average molecular weight is 437 g/mol. The Morgan fingerprint density at radius 1 is 1.28 bits per heavy atom. The Morgan fingerprint density at radius 3 is 2.69 bits per heavy atom. The van der Waals surface area contributed by atoms with Gasteiger partial charge in [0.2, 0.25) is 0 Å². The number of hydrogen-bond acceptors (Lipinski definition) is 5. The molecular formula is C23H32O4S2. The van der Waals surface area contributed by atoms with Crippen LogP contribution in [0.2, 0.25) is 0 Å². The number of ketones is 1. The van der Waals surface area contributed by atoms with Crippen molar-refractivity contribution in [3.8, 4) is 0 Å². The van der Waals surface area contributed by atoms with Gasteiger partial charge in [0.25, 0.3) is 0 Å². The van der Waals surface area contributed by atoms with Crippen molar-refractivity contribution in [2.24, 2.45) is 34.5 Å². The van der Waals surface area contributed by atoms with E-state index in [2.05, 4.69) is 19.1 Å². The summed E-state index contributed by atoms with van der Waals surface area (Å²) in [4.78, 5) is 11.9. The number of aliphatic hydroxyl groups is 2. The number of carbonyl (C=O) groups is 1. The maximum atomic E-state index is 12.2. The van der Waals surface area contributed by atoms with Crippen LogP contribution in [-0.4, -0.2) is 50.0 Å². The molecule has 0 radical (unpaired) electrons. The molecule has 0 saturated heterocycles. The second-order valence-electron chi connectivity index (χ2n) is 9.50. The molecular weight excluding hydrogens is 404 g/mol. The Balaban J connectivity index is 1.66. The largest absolute Gasteiger partial charge is 0.395 e. The molecule has 0 aliphatic heterocycles. The lowest BCUT2D eigenvalue weighted by atomic mass is 9.49. The van der Waals surface area contributed by atoms with E-state index in [0.717, 1.165) is 31.3 Å². The van der Waals surface area contributed by atoms with Crippen molar-refractivity contribution in [2.75, 3.05) is 19.1 Å². The molecule has 29 heavy (non-hydrogen) atoms. The Hall–Kier alpha value is -0.690. The van der Waals surface area contributed by atoms with Crippen LogP contribution in [-0.2, 0) is 15.6 Å². The van der Waals surface area contributed by atoms with E-state index in [4.69, 9.17) is 0 Å². The summed E-state index contributed by atoms with van der Waals surface area (Å²) >= 11 is 1.51. The normalized spacial score (nSPS) is 43.8. The van der Waals surface area contributed by atoms with E-state index in [1.54, 1.807) is 18.4 Å². The molecule has 0 aromatic rings. The highest BCUT2D eigenvalue weighted by Crippen LogP contribution is 2.65. The quantitative estimate of drug-likeness (QED) is 0.693. The summed E-state index contributed by atoms with van der Waals surface area (Å²) in [5, 5.41) is 21.6. The molecule has 2 N–H and O–H groups in total. The van der Waals surface area contributed by atoms with Gasteiger partial charge in [-0.05, 0) is 78.8 Å². The minimum absolute atomic E-state index is 0.00430. The van der Waals surface area contributed by atoms with Crippen LogP contribution >= 0.6 is 11.8 Å². The summed E-state index contributed by atoms with van der Waals surface area (Å²) in [7, 11) is -1.07. The molecule has 0 bridgehead atoms. The highest BCUT2D eigenvalue weighted by Gasteiger charge is 2.60. The monoisotopic (exact) mass is 436 g/mol. The van der Waals surface area contributed by atoms with Gasteiger partial charge in [-0.3, -0.25) is 9.00 Å². The Bertz CT molecular complexity index is 803. The first-order valence-electron chi connectivity index (χ1n) is 10.6. The fourth-order valence-corrected chi connectivity index (χ4v) is 9.14. The SMILES string of the molecule is CSC(C(O)[C@H]1CC[C@H]2[C@@H]3C=CC4=CC(=O)C=C[C@]4(CO)[C@H]3CC[C@]12C)S(C)=O. The van der Waals surface area contributed by atoms with Gasteiger partial charge in [-0.2, -0.15) is 0 Å². The zero-order chi connectivity index (χ0) is 21.0. The molecule has 4 aliphatic carbocycles. The van der Waals surface area contributed by atoms with Gasteiger partial charge in [-0.15, -0.1) is 11.8 Å². The highest BCUT2D eigenvalue weighted by atomic mass is 32.2. The van der Waals surface area contributed by atoms with Crippen molar-refractivity contribution < 1.29 is 19.2 Å². The van der Waals surface area contributed by atoms with Gasteiger partial charge in [-0.1, -0.05) is 25.2 Å². The van der Waals surface area contributed by atoms with E-state index in [1.807, 2.05) is 12.3 Å². The molecule has 4 nitrogen and oxygen atoms in total. The molecule has 160 valence electrons. The fourth-order valence-electron chi connectivity index (χ4n) is 7.01. The lowest BCUT2D eigenvalue weighted by molar-refractivity contribution is -0.111. The van der Waals surface area contributed by atoms with Crippen LogP contribution in [0.5, 0.6) is 0 Å². The molecule has 4 aliphatic rings. The smallest absolute Gasteiger partial charge is 0.178 e. The first-order chi connectivity index (χ1) is 13.8. The number of carbonyl (C=O) groups excluding carboxylic acids is 1. The summed E-state index contributed by atoms with van der Waals surface area (Å²) in [5.41, 5.74) is 0.485. The molecule has 2 fully saturated rings. The van der Waals surface area contributed by atoms with Crippen molar-refractivity contribution in [3.05, 3.63) is 36.0 Å². The van der Waals surface area contributed by atoms with E-state index >= 15 is 0 Å². The van der Waals surface area contributed by atoms with E-state index in [0.29, 0.717) is 11.8 Å². The van der Waals surface area contributed by atoms with Crippen LogP contribution in [0.3, 0.4) is 0 Å². The van der Waals surface area contributed by atoms with Gasteiger partial charge in [0.05, 0.1) is 12.7 Å². The second kappa shape index (κ2) is 7.77. The van der Waals surface area contributed by atoms with Gasteiger partial charge >= 0.3 is 0 Å². The first-order valence-corrected chi connectivity index (χ1v) is 13.5. The number of aliphatic hydroxyl groups excluding tert-OH is 2. The fraction of sp³-hybridized carbons (Fsp3) is 0.696. The number of hydrogen-bond donors (Lipinski definition) is 2. The number of allylic oxidation sites excluding steroid dienone is 4. The summed E-state index contributed by atoms with van der Waals surface area (Å²) in [6.45, 7) is 2.34. The average Bonchev–Trinajstić information content (AvgIpc) is 3.05. The summed E-state index contributed by atoms with van der Waals surface area (Å²) < 4.78 is 11.9. The van der Waals surface area contributed by atoms with Gasteiger partial charge in [0.1, 0.15) is 4.58 Å². The third-order valence-corrected chi connectivity index (χ3v) is 11.5. The van der Waals surface area contributed by atoms with Crippen molar-refractivity contribution in [2.45, 2.75) is 43.3 Å². The zero-order valence-electron chi connectivity index (χ0n) is 17.4. The molecule has 2 saturated carbocycles. The molecule has 0 aromatic heterocycles. The topological polar surface area (TPSA) is 74.6 Å². The Labute approximate surface area is 180 Å². The number of rotatable bonds is 5. The van der Waals surface area contributed by atoms with Crippen LogP contribution in [0.15, 0.2) is 36.0 Å².